The van der Waals surface area contributed by atoms with E-state index in [9.17, 15) is 4.79 Å². The average molecular weight is 223 g/mol. The van der Waals surface area contributed by atoms with Gasteiger partial charge in [0.05, 0.1) is 6.42 Å². The first kappa shape index (κ1) is 13.1. The Balaban J connectivity index is 3.92. The fourth-order valence-electron chi connectivity index (χ4n) is 1.07. The minimum absolute atomic E-state index is 0.0467. The Bertz CT molecular complexity index is 166. The summed E-state index contributed by atoms with van der Waals surface area (Å²) in [5.41, 5.74) is 5.64. The minimum atomic E-state index is -0.886. The van der Waals surface area contributed by atoms with Gasteiger partial charge in [-0.1, -0.05) is 13.3 Å². The molecule has 0 bridgehead atoms. The molecule has 3 N–H and O–H groups in total. The number of aliphatic carboxylic acids is 1. The summed E-state index contributed by atoms with van der Waals surface area (Å²) in [6.07, 6.45) is 1.87. The topological polar surface area (TPSA) is 63.3 Å². The van der Waals surface area contributed by atoms with Gasteiger partial charge in [0.1, 0.15) is 0 Å². The van der Waals surface area contributed by atoms with E-state index in [4.69, 9.17) is 10.8 Å². The van der Waals surface area contributed by atoms with Crippen molar-refractivity contribution in [1.82, 2.24) is 0 Å². The third-order valence-corrected chi connectivity index (χ3v) is 3.39. The van der Waals surface area contributed by atoms with E-state index in [0.29, 0.717) is 0 Å². The molecule has 3 atom stereocenters. The number of nitrogens with two attached hydrogens (primary N) is 1. The smallest absolute Gasteiger partial charge is 0.304 e. The molecule has 0 aliphatic heterocycles. The van der Waals surface area contributed by atoms with Crippen LogP contribution in [-0.4, -0.2) is 27.6 Å². The highest BCUT2D eigenvalue weighted by Gasteiger charge is 2.22. The van der Waals surface area contributed by atoms with Crippen molar-refractivity contribution in [3.63, 3.8) is 0 Å². The molecule has 0 amide bonds. The van der Waals surface area contributed by atoms with Crippen molar-refractivity contribution in [2.24, 2.45) is 5.73 Å². The molecule has 0 aromatic carbocycles. The van der Waals surface area contributed by atoms with Crippen LogP contribution in [0.5, 0.6) is 0 Å². The second kappa shape index (κ2) is 6.56. The fraction of sp³-hybridized carbons (Fsp3) is 0.875. The van der Waals surface area contributed by atoms with Crippen molar-refractivity contribution in [2.45, 2.75) is 42.7 Å². The molecular formula is C8H17NO2S2. The summed E-state index contributed by atoms with van der Waals surface area (Å²) in [6, 6.07) is -0.421. The summed E-state index contributed by atoms with van der Waals surface area (Å²) in [5.74, 6) is -0.886. The number of carbonyl (C=O) groups is 1. The summed E-state index contributed by atoms with van der Waals surface area (Å²) >= 11 is 8.58. The van der Waals surface area contributed by atoms with Gasteiger partial charge in [0.15, 0.2) is 0 Å². The quantitative estimate of drug-likeness (QED) is 0.511. The molecule has 0 fully saturated rings. The maximum Gasteiger partial charge on any atom is 0.304 e. The molecule has 0 saturated carbocycles. The van der Waals surface area contributed by atoms with E-state index in [1.807, 2.05) is 6.92 Å². The summed E-state index contributed by atoms with van der Waals surface area (Å²) in [4.78, 5) is 10.4. The van der Waals surface area contributed by atoms with Crippen molar-refractivity contribution in [3.8, 4) is 0 Å². The highest BCUT2D eigenvalue weighted by atomic mass is 32.1. The number of hydrogen-bond acceptors (Lipinski definition) is 4. The summed E-state index contributed by atoms with van der Waals surface area (Å²) in [5, 5.41) is 8.42. The van der Waals surface area contributed by atoms with Crippen LogP contribution in [-0.2, 0) is 4.79 Å². The average Bonchev–Trinajstić information content (AvgIpc) is 2.02. The predicted octanol–water partition coefficient (Wildman–Crippen LogP) is 1.19. The van der Waals surface area contributed by atoms with Crippen molar-refractivity contribution in [2.75, 3.05) is 0 Å². The monoisotopic (exact) mass is 223 g/mol. The van der Waals surface area contributed by atoms with E-state index in [2.05, 4.69) is 25.3 Å². The number of carboxylic acids is 1. The molecule has 0 saturated heterocycles. The Hall–Kier alpha value is 0.130. The zero-order valence-electron chi connectivity index (χ0n) is 7.68. The van der Waals surface area contributed by atoms with Crippen LogP contribution in [0.3, 0.4) is 0 Å². The number of hydrogen-bond donors (Lipinski definition) is 4. The molecule has 0 heterocycles. The predicted molar refractivity (Wildman–Crippen MR) is 60.7 cm³/mol. The standard InChI is InChI=1S/C8H17NO2S2/c1-2-3-6(12)8(13)5(9)4-7(10)11/h5-6,8,12-13H,2-4,9H2,1H3,(H,10,11)/t5-,6-,8-/m1/s1. The number of rotatable bonds is 6. The summed E-state index contributed by atoms with van der Waals surface area (Å²) in [7, 11) is 0. The lowest BCUT2D eigenvalue weighted by molar-refractivity contribution is -0.137. The highest BCUT2D eigenvalue weighted by Crippen LogP contribution is 2.18. The van der Waals surface area contributed by atoms with Crippen molar-refractivity contribution >= 4 is 31.2 Å². The van der Waals surface area contributed by atoms with Gasteiger partial charge >= 0.3 is 5.97 Å². The molecular weight excluding hydrogens is 206 g/mol. The van der Waals surface area contributed by atoms with Gasteiger partial charge in [-0.25, -0.2) is 0 Å². The SMILES string of the molecule is CCC[C@@H](S)[C@H](S)[C@H](N)CC(=O)O. The van der Waals surface area contributed by atoms with Crippen molar-refractivity contribution in [3.05, 3.63) is 0 Å². The van der Waals surface area contributed by atoms with Gasteiger partial charge < -0.3 is 10.8 Å². The maximum absolute atomic E-state index is 10.4. The molecule has 0 aromatic rings. The molecule has 5 heteroatoms. The number of thiol groups is 2. The lowest BCUT2D eigenvalue weighted by atomic mass is 10.1. The highest BCUT2D eigenvalue weighted by molar-refractivity contribution is 7.85. The Labute approximate surface area is 89.9 Å². The first-order chi connectivity index (χ1) is 5.99. The van der Waals surface area contributed by atoms with Crippen molar-refractivity contribution < 1.29 is 9.90 Å². The first-order valence-corrected chi connectivity index (χ1v) is 5.35. The summed E-state index contributed by atoms with van der Waals surface area (Å²) in [6.45, 7) is 2.05. The van der Waals surface area contributed by atoms with Crippen LogP contribution in [0, 0.1) is 0 Å². The Morgan fingerprint density at radius 2 is 2.08 bits per heavy atom. The van der Waals surface area contributed by atoms with E-state index in [1.54, 1.807) is 0 Å². The second-order valence-electron chi connectivity index (χ2n) is 3.11. The molecule has 0 aromatic heterocycles. The minimum Gasteiger partial charge on any atom is -0.481 e. The molecule has 0 aliphatic rings. The molecule has 13 heavy (non-hydrogen) atoms. The molecule has 0 radical (unpaired) electrons. The van der Waals surface area contributed by atoms with Crippen LogP contribution in [0.25, 0.3) is 0 Å². The second-order valence-corrected chi connectivity index (χ2v) is 4.37. The molecule has 0 aliphatic carbocycles. The number of carboxylic acid groups (broad SMARTS) is 1. The normalized spacial score (nSPS) is 17.8. The Morgan fingerprint density at radius 3 is 2.46 bits per heavy atom. The Kier molecular flexibility index (Phi) is 6.63. The maximum atomic E-state index is 10.4. The molecule has 78 valence electrons. The molecule has 0 rings (SSSR count). The van der Waals surface area contributed by atoms with Gasteiger partial charge in [0.2, 0.25) is 0 Å². The largest absolute Gasteiger partial charge is 0.481 e. The lowest BCUT2D eigenvalue weighted by Gasteiger charge is -2.22. The third-order valence-electron chi connectivity index (χ3n) is 1.83. The van der Waals surface area contributed by atoms with E-state index in [-0.39, 0.29) is 16.9 Å². The Morgan fingerprint density at radius 1 is 1.54 bits per heavy atom. The lowest BCUT2D eigenvalue weighted by Crippen LogP contribution is -2.38. The zero-order valence-corrected chi connectivity index (χ0v) is 9.47. The van der Waals surface area contributed by atoms with Gasteiger partial charge in [0, 0.05) is 16.5 Å². The van der Waals surface area contributed by atoms with Crippen LogP contribution >= 0.6 is 25.3 Å². The van der Waals surface area contributed by atoms with Gasteiger partial charge in [0.25, 0.3) is 0 Å². The van der Waals surface area contributed by atoms with Crippen LogP contribution < -0.4 is 5.73 Å². The molecule has 0 spiro atoms. The van der Waals surface area contributed by atoms with E-state index in [0.717, 1.165) is 12.8 Å². The van der Waals surface area contributed by atoms with Crippen LogP contribution in [0.1, 0.15) is 26.2 Å². The first-order valence-electron chi connectivity index (χ1n) is 4.32. The van der Waals surface area contributed by atoms with Gasteiger partial charge in [-0.3, -0.25) is 4.79 Å². The fourth-order valence-corrected chi connectivity index (χ4v) is 1.81. The molecule has 3 nitrogen and oxygen atoms in total. The summed E-state index contributed by atoms with van der Waals surface area (Å²) < 4.78 is 0. The van der Waals surface area contributed by atoms with Crippen LogP contribution in [0.2, 0.25) is 0 Å². The third kappa shape index (κ3) is 5.44. The zero-order chi connectivity index (χ0) is 10.4. The molecule has 0 unspecified atom stereocenters. The van der Waals surface area contributed by atoms with Gasteiger partial charge in [-0.15, -0.1) is 0 Å². The van der Waals surface area contributed by atoms with Gasteiger partial charge in [-0.05, 0) is 6.42 Å². The van der Waals surface area contributed by atoms with E-state index in [1.165, 1.54) is 0 Å². The van der Waals surface area contributed by atoms with Crippen LogP contribution in [0.15, 0.2) is 0 Å². The van der Waals surface area contributed by atoms with E-state index >= 15 is 0 Å². The van der Waals surface area contributed by atoms with Gasteiger partial charge in [-0.2, -0.15) is 25.3 Å². The van der Waals surface area contributed by atoms with Crippen LogP contribution in [0.4, 0.5) is 0 Å². The van der Waals surface area contributed by atoms with Crippen molar-refractivity contribution in [1.29, 1.82) is 0 Å². The van der Waals surface area contributed by atoms with E-state index < -0.39 is 12.0 Å².